The van der Waals surface area contributed by atoms with Crippen LogP contribution in [0.2, 0.25) is 0 Å². The Balaban J connectivity index is 1.31. The van der Waals surface area contributed by atoms with Gasteiger partial charge >= 0.3 is 0 Å². The van der Waals surface area contributed by atoms with Gasteiger partial charge < -0.3 is 14.8 Å². The van der Waals surface area contributed by atoms with Crippen LogP contribution in [0, 0.1) is 0 Å². The number of ketones is 1. The Bertz CT molecular complexity index is 1180. The number of ether oxygens (including phenoxy) is 2. The molecule has 2 aliphatic rings. The quantitative estimate of drug-likeness (QED) is 0.600. The Kier molecular flexibility index (Phi) is 5.17. The Morgan fingerprint density at radius 1 is 0.875 bits per heavy atom. The van der Waals surface area contributed by atoms with Gasteiger partial charge in [0.15, 0.2) is 11.5 Å². The van der Waals surface area contributed by atoms with E-state index in [0.717, 1.165) is 52.2 Å². The summed E-state index contributed by atoms with van der Waals surface area (Å²) in [6.07, 6.45) is 2.16. The minimum absolute atomic E-state index is 0.0411. The molecule has 0 aromatic heterocycles. The number of carbonyl (C=O) groups is 2. The molecule has 3 aromatic carbocycles. The van der Waals surface area contributed by atoms with Crippen LogP contribution in [0.1, 0.15) is 36.5 Å². The van der Waals surface area contributed by atoms with E-state index >= 15 is 0 Å². The van der Waals surface area contributed by atoms with Crippen molar-refractivity contribution in [1.29, 1.82) is 0 Å². The summed E-state index contributed by atoms with van der Waals surface area (Å²) >= 11 is 0. The maximum Gasteiger partial charge on any atom is 0.231 e. The third kappa shape index (κ3) is 3.98. The zero-order valence-electron chi connectivity index (χ0n) is 18.0. The number of nitrogens with one attached hydrogen (secondary N) is 1. The van der Waals surface area contributed by atoms with Gasteiger partial charge in [-0.3, -0.25) is 9.59 Å². The third-order valence-electron chi connectivity index (χ3n) is 6.33. The molecule has 162 valence electrons. The van der Waals surface area contributed by atoms with Crippen molar-refractivity contribution < 1.29 is 19.1 Å². The van der Waals surface area contributed by atoms with Gasteiger partial charge in [0.05, 0.1) is 5.41 Å². The SMILES string of the molecule is CC(=O)NCc1ccc(-c2cccc(CC(=O)C3(c4ccc5c(c4)OCO5)CC3)c2)cc1. The zero-order chi connectivity index (χ0) is 22.1. The number of amides is 1. The van der Waals surface area contributed by atoms with E-state index in [-0.39, 0.29) is 18.5 Å². The van der Waals surface area contributed by atoms with Crippen LogP contribution >= 0.6 is 0 Å². The number of Topliss-reactive ketones (excluding diaryl/α,β-unsaturated/α-hetero) is 1. The fourth-order valence-corrected chi connectivity index (χ4v) is 4.30. The molecule has 1 fully saturated rings. The maximum absolute atomic E-state index is 13.3. The van der Waals surface area contributed by atoms with Crippen LogP contribution in [-0.4, -0.2) is 18.5 Å². The maximum atomic E-state index is 13.3. The molecule has 0 radical (unpaired) electrons. The number of benzene rings is 3. The van der Waals surface area contributed by atoms with Gasteiger partial charge in [-0.05, 0) is 52.8 Å². The molecule has 1 N–H and O–H groups in total. The van der Waals surface area contributed by atoms with Gasteiger partial charge in [0.25, 0.3) is 0 Å². The molecule has 0 bridgehead atoms. The predicted molar refractivity (Wildman–Crippen MR) is 122 cm³/mol. The number of carbonyl (C=O) groups excluding carboxylic acids is 2. The number of hydrogen-bond acceptors (Lipinski definition) is 4. The van der Waals surface area contributed by atoms with Gasteiger partial charge in [0.2, 0.25) is 12.7 Å². The highest BCUT2D eigenvalue weighted by Crippen LogP contribution is 2.51. The second kappa shape index (κ2) is 8.15. The van der Waals surface area contributed by atoms with Gasteiger partial charge in [-0.1, -0.05) is 54.6 Å². The summed E-state index contributed by atoms with van der Waals surface area (Å²) in [4.78, 5) is 24.4. The Morgan fingerprint density at radius 3 is 2.41 bits per heavy atom. The summed E-state index contributed by atoms with van der Waals surface area (Å²) < 4.78 is 10.9. The summed E-state index contributed by atoms with van der Waals surface area (Å²) in [5, 5.41) is 2.81. The van der Waals surface area contributed by atoms with Crippen molar-refractivity contribution in [2.75, 3.05) is 6.79 Å². The standard InChI is InChI=1S/C27H25NO4/c1-18(29)28-16-19-5-7-21(8-6-19)22-4-2-3-20(13-22)14-26(30)27(11-12-27)23-9-10-24-25(15-23)32-17-31-24/h2-10,13,15H,11-12,14,16-17H2,1H3,(H,28,29). The lowest BCUT2D eigenvalue weighted by Crippen LogP contribution is -2.22. The molecule has 0 spiro atoms. The lowest BCUT2D eigenvalue weighted by atomic mass is 9.87. The molecule has 0 saturated heterocycles. The first-order valence-electron chi connectivity index (χ1n) is 10.9. The third-order valence-corrected chi connectivity index (χ3v) is 6.33. The highest BCUT2D eigenvalue weighted by molar-refractivity contribution is 5.95. The molecule has 5 heteroatoms. The van der Waals surface area contributed by atoms with Gasteiger partial charge in [0.1, 0.15) is 5.78 Å². The molecule has 0 unspecified atom stereocenters. The molecule has 5 nitrogen and oxygen atoms in total. The molecule has 3 aromatic rings. The van der Waals surface area contributed by atoms with Gasteiger partial charge in [0, 0.05) is 19.9 Å². The van der Waals surface area contributed by atoms with E-state index in [1.807, 2.05) is 54.6 Å². The highest BCUT2D eigenvalue weighted by Gasteiger charge is 2.50. The van der Waals surface area contributed by atoms with Crippen molar-refractivity contribution in [2.24, 2.45) is 0 Å². The molecular weight excluding hydrogens is 402 g/mol. The lowest BCUT2D eigenvalue weighted by Gasteiger charge is -2.15. The van der Waals surface area contributed by atoms with Crippen molar-refractivity contribution in [3.63, 3.8) is 0 Å². The summed E-state index contributed by atoms with van der Waals surface area (Å²) in [5.41, 5.74) is 4.86. The van der Waals surface area contributed by atoms with E-state index in [4.69, 9.17) is 9.47 Å². The lowest BCUT2D eigenvalue weighted by molar-refractivity contribution is -0.121. The van der Waals surface area contributed by atoms with Crippen LogP contribution in [0.5, 0.6) is 11.5 Å². The molecule has 1 heterocycles. The van der Waals surface area contributed by atoms with Crippen LogP contribution in [0.15, 0.2) is 66.7 Å². The van der Waals surface area contributed by atoms with Crippen molar-refractivity contribution in [2.45, 2.75) is 38.1 Å². The molecule has 1 amide bonds. The average Bonchev–Trinajstić information content (AvgIpc) is 3.49. The molecule has 0 atom stereocenters. The minimum Gasteiger partial charge on any atom is -0.454 e. The average molecular weight is 428 g/mol. The first-order chi connectivity index (χ1) is 15.5. The fourth-order valence-electron chi connectivity index (χ4n) is 4.30. The molecule has 32 heavy (non-hydrogen) atoms. The molecule has 1 aliphatic carbocycles. The first-order valence-corrected chi connectivity index (χ1v) is 10.9. The van der Waals surface area contributed by atoms with Crippen molar-refractivity contribution >= 4 is 11.7 Å². The first kappa shape index (κ1) is 20.3. The normalized spacial score (nSPS) is 15.3. The van der Waals surface area contributed by atoms with Crippen LogP contribution in [0.25, 0.3) is 11.1 Å². The van der Waals surface area contributed by atoms with Crippen molar-refractivity contribution in [3.05, 3.63) is 83.4 Å². The number of fused-ring (bicyclic) bond motifs is 1. The Hall–Kier alpha value is -3.60. The van der Waals surface area contributed by atoms with E-state index < -0.39 is 5.41 Å². The van der Waals surface area contributed by atoms with E-state index in [2.05, 4.69) is 17.4 Å². The number of hydrogen-bond donors (Lipinski definition) is 1. The fraction of sp³-hybridized carbons (Fsp3) is 0.259. The Morgan fingerprint density at radius 2 is 1.66 bits per heavy atom. The van der Waals surface area contributed by atoms with E-state index in [1.165, 1.54) is 6.92 Å². The molecule has 1 aliphatic heterocycles. The van der Waals surface area contributed by atoms with Crippen LogP contribution in [-0.2, 0) is 28.0 Å². The minimum atomic E-state index is -0.400. The predicted octanol–water partition coefficient (Wildman–Crippen LogP) is 4.56. The molecule has 5 rings (SSSR count). The van der Waals surface area contributed by atoms with E-state index in [0.29, 0.717) is 13.0 Å². The van der Waals surface area contributed by atoms with E-state index in [9.17, 15) is 9.59 Å². The topological polar surface area (TPSA) is 64.6 Å². The van der Waals surface area contributed by atoms with Crippen LogP contribution in [0.4, 0.5) is 0 Å². The Labute approximate surface area is 187 Å². The monoisotopic (exact) mass is 427 g/mol. The van der Waals surface area contributed by atoms with Crippen LogP contribution < -0.4 is 14.8 Å². The summed E-state index contributed by atoms with van der Waals surface area (Å²) in [6, 6.07) is 22.2. The van der Waals surface area contributed by atoms with Crippen LogP contribution in [0.3, 0.4) is 0 Å². The van der Waals surface area contributed by atoms with Gasteiger partial charge in [-0.2, -0.15) is 0 Å². The summed E-state index contributed by atoms with van der Waals surface area (Å²) in [5.74, 6) is 1.68. The summed E-state index contributed by atoms with van der Waals surface area (Å²) in [6.45, 7) is 2.27. The highest BCUT2D eigenvalue weighted by atomic mass is 16.7. The largest absolute Gasteiger partial charge is 0.454 e. The second-order valence-electron chi connectivity index (χ2n) is 8.56. The summed E-state index contributed by atoms with van der Waals surface area (Å²) in [7, 11) is 0. The van der Waals surface area contributed by atoms with Gasteiger partial charge in [-0.15, -0.1) is 0 Å². The smallest absolute Gasteiger partial charge is 0.231 e. The molecule has 1 saturated carbocycles. The second-order valence-corrected chi connectivity index (χ2v) is 8.56. The zero-order valence-corrected chi connectivity index (χ0v) is 18.0. The van der Waals surface area contributed by atoms with E-state index in [1.54, 1.807) is 0 Å². The van der Waals surface area contributed by atoms with Crippen molar-refractivity contribution in [3.8, 4) is 22.6 Å². The van der Waals surface area contributed by atoms with Gasteiger partial charge in [-0.25, -0.2) is 0 Å². The number of rotatable bonds is 7. The van der Waals surface area contributed by atoms with Crippen molar-refractivity contribution in [1.82, 2.24) is 5.32 Å². The molecular formula is C27H25NO4.